The molecule has 0 radical (unpaired) electrons. The second-order valence-electron chi connectivity index (χ2n) is 6.27. The van der Waals surface area contributed by atoms with E-state index in [-0.39, 0.29) is 11.9 Å². The molecular formula is C18H20N4OS. The Morgan fingerprint density at radius 1 is 1.38 bits per heavy atom. The normalized spacial score (nSPS) is 17.7. The number of aryl methyl sites for hydroxylation is 2. The van der Waals surface area contributed by atoms with Gasteiger partial charge in [-0.05, 0) is 25.0 Å². The van der Waals surface area contributed by atoms with Crippen LogP contribution >= 0.6 is 11.3 Å². The van der Waals surface area contributed by atoms with Gasteiger partial charge in [0.1, 0.15) is 0 Å². The van der Waals surface area contributed by atoms with Gasteiger partial charge >= 0.3 is 0 Å². The fourth-order valence-corrected chi connectivity index (χ4v) is 4.38. The second kappa shape index (κ2) is 6.36. The van der Waals surface area contributed by atoms with E-state index in [1.54, 1.807) is 16.0 Å². The number of hydrogen-bond donors (Lipinski definition) is 0. The molecule has 1 fully saturated rings. The molecule has 24 heavy (non-hydrogen) atoms. The summed E-state index contributed by atoms with van der Waals surface area (Å²) in [5.41, 5.74) is 2.17. The number of thiazole rings is 1. The van der Waals surface area contributed by atoms with Crippen molar-refractivity contribution in [1.82, 2.24) is 19.7 Å². The lowest BCUT2D eigenvalue weighted by atomic mass is 10.1. The zero-order valence-electron chi connectivity index (χ0n) is 13.7. The van der Waals surface area contributed by atoms with E-state index in [1.807, 2.05) is 42.5 Å². The van der Waals surface area contributed by atoms with E-state index in [1.165, 1.54) is 4.70 Å². The van der Waals surface area contributed by atoms with E-state index in [0.29, 0.717) is 12.8 Å². The molecule has 2 aromatic heterocycles. The topological polar surface area (TPSA) is 51.0 Å². The highest BCUT2D eigenvalue weighted by molar-refractivity contribution is 7.18. The van der Waals surface area contributed by atoms with Crippen LogP contribution in [0.1, 0.15) is 35.9 Å². The Hall–Kier alpha value is -2.21. The van der Waals surface area contributed by atoms with E-state index in [4.69, 9.17) is 0 Å². The Labute approximate surface area is 144 Å². The molecule has 124 valence electrons. The van der Waals surface area contributed by atoms with Crippen LogP contribution in [0.25, 0.3) is 10.2 Å². The zero-order chi connectivity index (χ0) is 16.5. The molecule has 0 saturated carbocycles. The summed E-state index contributed by atoms with van der Waals surface area (Å²) in [6.07, 6.45) is 7.23. The largest absolute Gasteiger partial charge is 0.336 e. The fraction of sp³-hybridized carbons (Fsp3) is 0.389. The first-order valence-corrected chi connectivity index (χ1v) is 9.15. The Kier molecular flexibility index (Phi) is 4.06. The monoisotopic (exact) mass is 340 g/mol. The Morgan fingerprint density at radius 2 is 2.25 bits per heavy atom. The molecule has 1 aromatic carbocycles. The van der Waals surface area contributed by atoms with Crippen molar-refractivity contribution >= 4 is 27.5 Å². The van der Waals surface area contributed by atoms with E-state index >= 15 is 0 Å². The predicted octanol–water partition coefficient (Wildman–Crippen LogP) is 3.33. The first-order chi connectivity index (χ1) is 11.7. The third-order valence-corrected chi connectivity index (χ3v) is 5.67. The zero-order valence-corrected chi connectivity index (χ0v) is 14.5. The quantitative estimate of drug-likeness (QED) is 0.732. The highest BCUT2D eigenvalue weighted by atomic mass is 32.1. The summed E-state index contributed by atoms with van der Waals surface area (Å²) in [6, 6.07) is 8.31. The Balaban J connectivity index is 1.43. The van der Waals surface area contributed by atoms with Crippen molar-refractivity contribution < 1.29 is 4.79 Å². The minimum atomic E-state index is 0.182. The number of benzene rings is 1. The summed E-state index contributed by atoms with van der Waals surface area (Å²) < 4.78 is 2.99. The summed E-state index contributed by atoms with van der Waals surface area (Å²) >= 11 is 1.69. The van der Waals surface area contributed by atoms with Crippen molar-refractivity contribution in [1.29, 1.82) is 0 Å². The van der Waals surface area contributed by atoms with Crippen molar-refractivity contribution in [2.45, 2.75) is 31.7 Å². The molecule has 0 bridgehead atoms. The van der Waals surface area contributed by atoms with Gasteiger partial charge in [-0.15, -0.1) is 11.3 Å². The van der Waals surface area contributed by atoms with E-state index in [2.05, 4.69) is 16.1 Å². The minimum Gasteiger partial charge on any atom is -0.336 e. The summed E-state index contributed by atoms with van der Waals surface area (Å²) in [7, 11) is 1.91. The molecule has 3 heterocycles. The van der Waals surface area contributed by atoms with Crippen LogP contribution in [-0.4, -0.2) is 32.1 Å². The summed E-state index contributed by atoms with van der Waals surface area (Å²) in [5.74, 6) is 0.223. The lowest BCUT2D eigenvalue weighted by Crippen LogP contribution is -2.30. The molecular weight excluding hydrogens is 320 g/mol. The smallest absolute Gasteiger partial charge is 0.223 e. The van der Waals surface area contributed by atoms with Crippen molar-refractivity contribution in [3.8, 4) is 0 Å². The average molecular weight is 340 g/mol. The molecule has 0 spiro atoms. The summed E-state index contributed by atoms with van der Waals surface area (Å²) in [4.78, 5) is 19.3. The number of amides is 1. The number of fused-ring (bicyclic) bond motifs is 1. The molecule has 6 heteroatoms. The summed E-state index contributed by atoms with van der Waals surface area (Å²) in [6.45, 7) is 0.845. The lowest BCUT2D eigenvalue weighted by Gasteiger charge is -2.23. The number of aromatic nitrogens is 3. The molecule has 3 aromatic rings. The standard InChI is InChI=1S/C18H20N4OS/c1-21-12-13(11-19-21)15-6-4-10-22(15)18(23)9-8-17-20-14-5-2-3-7-16(14)24-17/h2-3,5,7,11-12,15H,4,6,8-10H2,1H3/t15-/m0/s1. The van der Waals surface area contributed by atoms with Crippen molar-refractivity contribution in [3.05, 3.63) is 47.2 Å². The van der Waals surface area contributed by atoms with Crippen LogP contribution in [0.4, 0.5) is 0 Å². The predicted molar refractivity (Wildman–Crippen MR) is 94.8 cm³/mol. The number of para-hydroxylation sites is 1. The second-order valence-corrected chi connectivity index (χ2v) is 7.38. The van der Waals surface area contributed by atoms with Gasteiger partial charge < -0.3 is 4.90 Å². The molecule has 1 aliphatic heterocycles. The van der Waals surface area contributed by atoms with Crippen molar-refractivity contribution in [2.24, 2.45) is 7.05 Å². The van der Waals surface area contributed by atoms with Gasteiger partial charge in [0.15, 0.2) is 0 Å². The van der Waals surface area contributed by atoms with Gasteiger partial charge in [0.05, 0.1) is 27.5 Å². The number of carbonyl (C=O) groups is 1. The van der Waals surface area contributed by atoms with Gasteiger partial charge in [-0.25, -0.2) is 4.98 Å². The third-order valence-electron chi connectivity index (χ3n) is 4.57. The highest BCUT2D eigenvalue weighted by Gasteiger charge is 2.30. The molecule has 0 N–H and O–H groups in total. The van der Waals surface area contributed by atoms with Crippen LogP contribution in [0.5, 0.6) is 0 Å². The van der Waals surface area contributed by atoms with Gasteiger partial charge in [0.2, 0.25) is 5.91 Å². The third kappa shape index (κ3) is 2.94. The van der Waals surface area contributed by atoms with Gasteiger partial charge in [0.25, 0.3) is 0 Å². The van der Waals surface area contributed by atoms with Crippen LogP contribution in [0.3, 0.4) is 0 Å². The molecule has 1 amide bonds. The highest BCUT2D eigenvalue weighted by Crippen LogP contribution is 2.32. The van der Waals surface area contributed by atoms with Crippen LogP contribution in [-0.2, 0) is 18.3 Å². The maximum absolute atomic E-state index is 12.7. The van der Waals surface area contributed by atoms with Gasteiger partial charge in [-0.1, -0.05) is 12.1 Å². The first-order valence-electron chi connectivity index (χ1n) is 8.33. The van der Waals surface area contributed by atoms with Crippen LogP contribution in [0.2, 0.25) is 0 Å². The number of rotatable bonds is 4. The number of carbonyl (C=O) groups excluding carboxylic acids is 1. The van der Waals surface area contributed by atoms with Crippen molar-refractivity contribution in [3.63, 3.8) is 0 Å². The average Bonchev–Trinajstić information content (AvgIpc) is 3.30. The van der Waals surface area contributed by atoms with E-state index in [9.17, 15) is 4.79 Å². The van der Waals surface area contributed by atoms with Gasteiger partial charge in [-0.3, -0.25) is 9.48 Å². The molecule has 4 rings (SSSR count). The Bertz CT molecular complexity index is 836. The van der Waals surface area contributed by atoms with Gasteiger partial charge in [0, 0.05) is 38.2 Å². The minimum absolute atomic E-state index is 0.182. The molecule has 1 atom stereocenters. The van der Waals surface area contributed by atoms with Crippen LogP contribution < -0.4 is 0 Å². The molecule has 1 saturated heterocycles. The van der Waals surface area contributed by atoms with Crippen LogP contribution in [0.15, 0.2) is 36.7 Å². The molecule has 5 nitrogen and oxygen atoms in total. The Morgan fingerprint density at radius 3 is 3.04 bits per heavy atom. The fourth-order valence-electron chi connectivity index (χ4n) is 3.41. The molecule has 1 aliphatic rings. The van der Waals surface area contributed by atoms with Crippen molar-refractivity contribution in [2.75, 3.05) is 6.54 Å². The SMILES string of the molecule is Cn1cc([C@@H]2CCCN2C(=O)CCc2nc3ccccc3s2)cn1. The van der Waals surface area contributed by atoms with E-state index in [0.717, 1.165) is 35.5 Å². The van der Waals surface area contributed by atoms with Gasteiger partial charge in [-0.2, -0.15) is 5.10 Å². The number of hydrogen-bond acceptors (Lipinski definition) is 4. The maximum Gasteiger partial charge on any atom is 0.223 e. The molecule has 0 aliphatic carbocycles. The van der Waals surface area contributed by atoms with Crippen LogP contribution in [0, 0.1) is 0 Å². The maximum atomic E-state index is 12.7. The summed E-state index contributed by atoms with van der Waals surface area (Å²) in [5, 5.41) is 5.29. The number of likely N-dealkylation sites (tertiary alicyclic amines) is 1. The number of nitrogens with zero attached hydrogens (tertiary/aromatic N) is 4. The molecule has 0 unspecified atom stereocenters. The first kappa shape index (κ1) is 15.3. The lowest BCUT2D eigenvalue weighted by molar-refractivity contribution is -0.132. The van der Waals surface area contributed by atoms with E-state index < -0.39 is 0 Å².